The quantitative estimate of drug-likeness (QED) is 0.934. The molecule has 2 aromatic rings. The molecule has 0 amide bonds. The fraction of sp³-hybridized carbons (Fsp3) is 0.294. The van der Waals surface area contributed by atoms with Gasteiger partial charge in [-0.25, -0.2) is 13.1 Å². The molecule has 2 aromatic carbocycles. The predicted molar refractivity (Wildman–Crippen MR) is 87.2 cm³/mol. The minimum absolute atomic E-state index is 0.196. The topological polar surface area (TPSA) is 64.6 Å². The lowest BCUT2D eigenvalue weighted by molar-refractivity contribution is 0.174. The molecule has 1 aliphatic rings. The van der Waals surface area contributed by atoms with E-state index in [-0.39, 0.29) is 12.8 Å². The Morgan fingerprint density at radius 2 is 1.78 bits per heavy atom. The van der Waals surface area contributed by atoms with E-state index in [2.05, 4.69) is 4.72 Å². The van der Waals surface area contributed by atoms with Gasteiger partial charge in [-0.05, 0) is 55.7 Å². The number of fused-ring (bicyclic) bond motifs is 1. The molecule has 1 aliphatic heterocycles. The summed E-state index contributed by atoms with van der Waals surface area (Å²) in [6, 6.07) is 10.5. The van der Waals surface area contributed by atoms with E-state index in [0.29, 0.717) is 16.4 Å². The molecule has 0 saturated carbocycles. The third-order valence-electron chi connectivity index (χ3n) is 3.86. The maximum absolute atomic E-state index is 12.7. The van der Waals surface area contributed by atoms with Crippen molar-refractivity contribution in [1.29, 1.82) is 0 Å². The number of rotatable bonds is 4. The van der Waals surface area contributed by atoms with E-state index >= 15 is 0 Å². The smallest absolute Gasteiger partial charge is 0.241 e. The van der Waals surface area contributed by atoms with Crippen LogP contribution in [0.4, 0.5) is 0 Å². The first-order valence-electron chi connectivity index (χ1n) is 7.36. The fourth-order valence-electron chi connectivity index (χ4n) is 2.54. The molecular formula is C17H19NO4S. The Hall–Kier alpha value is -2.05. The number of ether oxygens (including phenoxy) is 2. The number of benzene rings is 2. The molecule has 0 aromatic heterocycles. The van der Waals surface area contributed by atoms with Gasteiger partial charge in [-0.15, -0.1) is 0 Å². The first-order valence-corrected chi connectivity index (χ1v) is 8.84. The van der Waals surface area contributed by atoms with Crippen LogP contribution in [0.25, 0.3) is 0 Å². The average molecular weight is 333 g/mol. The second-order valence-electron chi connectivity index (χ2n) is 5.72. The zero-order valence-electron chi connectivity index (χ0n) is 13.3. The molecule has 0 saturated heterocycles. The molecule has 23 heavy (non-hydrogen) atoms. The van der Waals surface area contributed by atoms with E-state index in [1.54, 1.807) is 32.0 Å². The first-order chi connectivity index (χ1) is 10.9. The van der Waals surface area contributed by atoms with Crippen LogP contribution in [-0.2, 0) is 10.0 Å². The molecule has 0 unspecified atom stereocenters. The van der Waals surface area contributed by atoms with E-state index in [0.717, 1.165) is 16.7 Å². The highest BCUT2D eigenvalue weighted by Crippen LogP contribution is 2.34. The predicted octanol–water partition coefficient (Wildman–Crippen LogP) is 3.07. The molecular weight excluding hydrogens is 314 g/mol. The van der Waals surface area contributed by atoms with Crippen LogP contribution < -0.4 is 14.2 Å². The molecule has 6 heteroatoms. The Kier molecular flexibility index (Phi) is 4.04. The molecule has 122 valence electrons. The maximum Gasteiger partial charge on any atom is 0.241 e. The van der Waals surface area contributed by atoms with Crippen LogP contribution in [0, 0.1) is 13.8 Å². The summed E-state index contributed by atoms with van der Waals surface area (Å²) in [6.45, 7) is 5.67. The Balaban J connectivity index is 1.86. The normalized spacial score (nSPS) is 14.7. The van der Waals surface area contributed by atoms with Gasteiger partial charge in [0.2, 0.25) is 16.8 Å². The molecule has 0 spiro atoms. The molecule has 3 rings (SSSR count). The lowest BCUT2D eigenvalue weighted by Crippen LogP contribution is -2.27. The fourth-order valence-corrected chi connectivity index (χ4v) is 4.11. The standard InChI is InChI=1S/C17H19NO4S/c1-11-4-5-12(2)17(8-11)23(19,20)18-13(3)14-6-7-15-16(9-14)22-10-21-15/h4-9,13,18H,10H2,1-3H3/t13-/m0/s1. The zero-order chi connectivity index (χ0) is 16.6. The van der Waals surface area contributed by atoms with Crippen molar-refractivity contribution in [2.75, 3.05) is 6.79 Å². The van der Waals surface area contributed by atoms with Crippen LogP contribution >= 0.6 is 0 Å². The summed E-state index contributed by atoms with van der Waals surface area (Å²) in [7, 11) is -3.60. The molecule has 1 atom stereocenters. The highest BCUT2D eigenvalue weighted by Gasteiger charge is 2.22. The second-order valence-corrected chi connectivity index (χ2v) is 7.41. The average Bonchev–Trinajstić information content (AvgIpc) is 2.96. The van der Waals surface area contributed by atoms with E-state index < -0.39 is 10.0 Å². The third-order valence-corrected chi connectivity index (χ3v) is 5.54. The SMILES string of the molecule is Cc1ccc(C)c(S(=O)(=O)N[C@@H](C)c2ccc3c(c2)OCO3)c1. The minimum atomic E-state index is -3.60. The van der Waals surface area contributed by atoms with Gasteiger partial charge in [0, 0.05) is 6.04 Å². The van der Waals surface area contributed by atoms with Gasteiger partial charge in [-0.1, -0.05) is 18.2 Å². The number of hydrogen-bond acceptors (Lipinski definition) is 4. The Labute approximate surface area is 136 Å². The molecule has 0 fully saturated rings. The van der Waals surface area contributed by atoms with Crippen LogP contribution in [0.5, 0.6) is 11.5 Å². The molecule has 0 radical (unpaired) electrons. The minimum Gasteiger partial charge on any atom is -0.454 e. The first kappa shape index (κ1) is 15.8. The summed E-state index contributed by atoms with van der Waals surface area (Å²) in [6.07, 6.45) is 0. The van der Waals surface area contributed by atoms with Crippen molar-refractivity contribution in [2.45, 2.75) is 31.7 Å². The van der Waals surface area contributed by atoms with Crippen molar-refractivity contribution in [2.24, 2.45) is 0 Å². The number of nitrogens with one attached hydrogen (secondary N) is 1. The van der Waals surface area contributed by atoms with E-state index in [9.17, 15) is 8.42 Å². The van der Waals surface area contributed by atoms with Gasteiger partial charge >= 0.3 is 0 Å². The Morgan fingerprint density at radius 1 is 1.04 bits per heavy atom. The van der Waals surface area contributed by atoms with Crippen LogP contribution in [0.3, 0.4) is 0 Å². The molecule has 0 bridgehead atoms. The second kappa shape index (κ2) is 5.86. The van der Waals surface area contributed by atoms with Gasteiger partial charge in [0.1, 0.15) is 0 Å². The summed E-state index contributed by atoms with van der Waals surface area (Å²) >= 11 is 0. The van der Waals surface area contributed by atoms with Crippen molar-refractivity contribution in [3.8, 4) is 11.5 Å². The van der Waals surface area contributed by atoms with Crippen molar-refractivity contribution in [1.82, 2.24) is 4.72 Å². The number of hydrogen-bond donors (Lipinski definition) is 1. The van der Waals surface area contributed by atoms with E-state index in [1.165, 1.54) is 0 Å². The van der Waals surface area contributed by atoms with Crippen LogP contribution in [0.2, 0.25) is 0 Å². The van der Waals surface area contributed by atoms with Crippen LogP contribution in [0.15, 0.2) is 41.3 Å². The van der Waals surface area contributed by atoms with Gasteiger partial charge in [0.15, 0.2) is 11.5 Å². The highest BCUT2D eigenvalue weighted by molar-refractivity contribution is 7.89. The van der Waals surface area contributed by atoms with Crippen molar-refractivity contribution in [3.63, 3.8) is 0 Å². The summed E-state index contributed by atoms with van der Waals surface area (Å²) < 4.78 is 38.6. The summed E-state index contributed by atoms with van der Waals surface area (Å²) in [5.41, 5.74) is 2.45. The van der Waals surface area contributed by atoms with Gasteiger partial charge in [0.25, 0.3) is 0 Å². The number of sulfonamides is 1. The summed E-state index contributed by atoms with van der Waals surface area (Å²) in [4.78, 5) is 0.310. The summed E-state index contributed by atoms with van der Waals surface area (Å²) in [5, 5.41) is 0. The Bertz CT molecular complexity index is 846. The lowest BCUT2D eigenvalue weighted by Gasteiger charge is -2.16. The van der Waals surface area contributed by atoms with E-state index in [4.69, 9.17) is 9.47 Å². The largest absolute Gasteiger partial charge is 0.454 e. The molecule has 1 heterocycles. The van der Waals surface area contributed by atoms with Gasteiger partial charge in [-0.2, -0.15) is 0 Å². The maximum atomic E-state index is 12.7. The van der Waals surface area contributed by atoms with Gasteiger partial charge in [0.05, 0.1) is 4.90 Å². The van der Waals surface area contributed by atoms with Gasteiger partial charge in [-0.3, -0.25) is 0 Å². The van der Waals surface area contributed by atoms with Gasteiger partial charge < -0.3 is 9.47 Å². The van der Waals surface area contributed by atoms with Crippen molar-refractivity contribution < 1.29 is 17.9 Å². The Morgan fingerprint density at radius 3 is 2.57 bits per heavy atom. The third kappa shape index (κ3) is 3.18. The van der Waals surface area contributed by atoms with Crippen molar-refractivity contribution >= 4 is 10.0 Å². The molecule has 0 aliphatic carbocycles. The van der Waals surface area contributed by atoms with Crippen molar-refractivity contribution in [3.05, 3.63) is 53.1 Å². The molecule has 5 nitrogen and oxygen atoms in total. The van der Waals surface area contributed by atoms with E-state index in [1.807, 2.05) is 25.1 Å². The van der Waals surface area contributed by atoms with Crippen LogP contribution in [0.1, 0.15) is 29.7 Å². The summed E-state index contributed by atoms with van der Waals surface area (Å²) in [5.74, 6) is 1.32. The van der Waals surface area contributed by atoms with Crippen LogP contribution in [-0.4, -0.2) is 15.2 Å². The monoisotopic (exact) mass is 333 g/mol. The number of aryl methyl sites for hydroxylation is 2. The highest BCUT2D eigenvalue weighted by atomic mass is 32.2. The molecule has 1 N–H and O–H groups in total. The lowest BCUT2D eigenvalue weighted by atomic mass is 10.1. The zero-order valence-corrected chi connectivity index (χ0v) is 14.1.